The van der Waals surface area contributed by atoms with Gasteiger partial charge in [0.15, 0.2) is 0 Å². The van der Waals surface area contributed by atoms with E-state index in [0.29, 0.717) is 5.56 Å². The number of rotatable bonds is 3. The maximum atomic E-state index is 14.0. The summed E-state index contributed by atoms with van der Waals surface area (Å²) in [6.07, 6.45) is -0.603. The third-order valence-electron chi connectivity index (χ3n) is 4.64. The number of hydrogen-bond acceptors (Lipinski definition) is 3. The van der Waals surface area contributed by atoms with Gasteiger partial charge in [0.2, 0.25) is 10.0 Å². The Morgan fingerprint density at radius 3 is 2.35 bits per heavy atom. The van der Waals surface area contributed by atoms with Crippen molar-refractivity contribution >= 4 is 10.0 Å². The van der Waals surface area contributed by atoms with Gasteiger partial charge in [-0.3, -0.25) is 0 Å². The highest BCUT2D eigenvalue weighted by Crippen LogP contribution is 2.29. The lowest BCUT2D eigenvalue weighted by molar-refractivity contribution is -0.00442. The van der Waals surface area contributed by atoms with Crippen molar-refractivity contribution in [3.8, 4) is 0 Å². The summed E-state index contributed by atoms with van der Waals surface area (Å²) in [5.41, 5.74) is 1.41. The molecule has 0 spiro atoms. The monoisotopic (exact) mass is 377 g/mol. The second-order valence-electron chi connectivity index (χ2n) is 7.52. The molecule has 2 aromatic rings. The summed E-state index contributed by atoms with van der Waals surface area (Å²) in [6.45, 7) is 6.84. The number of ether oxygens (including phenoxy) is 1. The van der Waals surface area contributed by atoms with Crippen molar-refractivity contribution in [3.05, 3.63) is 65.5 Å². The fourth-order valence-corrected chi connectivity index (χ4v) is 4.47. The minimum absolute atomic E-state index is 0.0445. The summed E-state index contributed by atoms with van der Waals surface area (Å²) in [6, 6.07) is 13.3. The molecule has 140 valence electrons. The molecule has 1 heterocycles. The average molecular weight is 377 g/mol. The van der Waals surface area contributed by atoms with Crippen LogP contribution in [0.25, 0.3) is 0 Å². The molecule has 0 amide bonds. The van der Waals surface area contributed by atoms with Crippen LogP contribution in [0.2, 0.25) is 0 Å². The SMILES string of the molecule is CC(C)(C)c1ccc(S(=O)(=O)N2CCOC(c3ccccc3F)C2)cc1. The van der Waals surface area contributed by atoms with Crippen LogP contribution in [0.15, 0.2) is 53.4 Å². The van der Waals surface area contributed by atoms with E-state index in [1.165, 1.54) is 10.4 Å². The fraction of sp³-hybridized carbons (Fsp3) is 0.400. The Morgan fingerprint density at radius 1 is 1.08 bits per heavy atom. The molecular weight excluding hydrogens is 353 g/mol. The van der Waals surface area contributed by atoms with Gasteiger partial charge in [-0.2, -0.15) is 4.31 Å². The Morgan fingerprint density at radius 2 is 1.73 bits per heavy atom. The van der Waals surface area contributed by atoms with Crippen LogP contribution >= 0.6 is 0 Å². The van der Waals surface area contributed by atoms with E-state index < -0.39 is 16.1 Å². The smallest absolute Gasteiger partial charge is 0.243 e. The molecule has 1 fully saturated rings. The summed E-state index contributed by atoms with van der Waals surface area (Å²) in [7, 11) is -3.65. The third kappa shape index (κ3) is 3.82. The number of nitrogens with zero attached hydrogens (tertiary/aromatic N) is 1. The van der Waals surface area contributed by atoms with E-state index in [-0.39, 0.29) is 35.8 Å². The maximum absolute atomic E-state index is 14.0. The summed E-state index contributed by atoms with van der Waals surface area (Å²) in [5, 5.41) is 0. The average Bonchev–Trinajstić information content (AvgIpc) is 2.61. The predicted molar refractivity (Wildman–Crippen MR) is 99.0 cm³/mol. The number of sulfonamides is 1. The molecule has 0 N–H and O–H groups in total. The van der Waals surface area contributed by atoms with E-state index in [2.05, 4.69) is 20.8 Å². The normalized spacial score (nSPS) is 19.5. The quantitative estimate of drug-likeness (QED) is 0.815. The van der Waals surface area contributed by atoms with Crippen molar-refractivity contribution in [2.45, 2.75) is 37.2 Å². The molecule has 4 nitrogen and oxygen atoms in total. The Hall–Kier alpha value is -1.76. The van der Waals surface area contributed by atoms with Gasteiger partial charge in [0.25, 0.3) is 0 Å². The van der Waals surface area contributed by atoms with Crippen LogP contribution in [-0.2, 0) is 20.2 Å². The van der Waals surface area contributed by atoms with Gasteiger partial charge in [-0.1, -0.05) is 51.1 Å². The minimum atomic E-state index is -3.65. The first kappa shape index (κ1) is 19.0. The Balaban J connectivity index is 1.84. The zero-order chi connectivity index (χ0) is 18.9. The highest BCUT2D eigenvalue weighted by molar-refractivity contribution is 7.89. The van der Waals surface area contributed by atoms with Crippen molar-refractivity contribution in [3.63, 3.8) is 0 Å². The molecule has 0 bridgehead atoms. The number of benzene rings is 2. The van der Waals surface area contributed by atoms with Crippen molar-refractivity contribution < 1.29 is 17.5 Å². The Kier molecular flexibility index (Phi) is 5.19. The molecule has 3 rings (SSSR count). The van der Waals surface area contributed by atoms with Gasteiger partial charge in [-0.25, -0.2) is 12.8 Å². The molecule has 2 aromatic carbocycles. The molecule has 6 heteroatoms. The van der Waals surface area contributed by atoms with Crippen molar-refractivity contribution in [2.75, 3.05) is 19.7 Å². The van der Waals surface area contributed by atoms with Gasteiger partial charge in [-0.15, -0.1) is 0 Å². The van der Waals surface area contributed by atoms with E-state index in [9.17, 15) is 12.8 Å². The van der Waals surface area contributed by atoms with Crippen LogP contribution in [0.4, 0.5) is 4.39 Å². The van der Waals surface area contributed by atoms with Gasteiger partial charge < -0.3 is 4.74 Å². The van der Waals surface area contributed by atoms with Crippen LogP contribution in [0.5, 0.6) is 0 Å². The number of hydrogen-bond donors (Lipinski definition) is 0. The fourth-order valence-electron chi connectivity index (χ4n) is 3.04. The number of morpholine rings is 1. The van der Waals surface area contributed by atoms with E-state index in [4.69, 9.17) is 4.74 Å². The van der Waals surface area contributed by atoms with Gasteiger partial charge in [-0.05, 0) is 29.2 Å². The lowest BCUT2D eigenvalue weighted by atomic mass is 9.87. The first-order valence-electron chi connectivity index (χ1n) is 8.66. The lowest BCUT2D eigenvalue weighted by Gasteiger charge is -2.32. The Bertz CT molecular complexity index is 873. The summed E-state index contributed by atoms with van der Waals surface area (Å²) < 4.78 is 47.0. The van der Waals surface area contributed by atoms with Gasteiger partial charge in [0, 0.05) is 18.7 Å². The largest absolute Gasteiger partial charge is 0.371 e. The van der Waals surface area contributed by atoms with E-state index >= 15 is 0 Å². The first-order valence-corrected chi connectivity index (χ1v) is 10.1. The Labute approximate surface area is 154 Å². The van der Waals surface area contributed by atoms with Crippen molar-refractivity contribution in [1.82, 2.24) is 4.31 Å². The molecular formula is C20H24FNO3S. The molecule has 1 saturated heterocycles. The van der Waals surface area contributed by atoms with Crippen molar-refractivity contribution in [1.29, 1.82) is 0 Å². The summed E-state index contributed by atoms with van der Waals surface area (Å²) >= 11 is 0. The summed E-state index contributed by atoms with van der Waals surface area (Å²) in [4.78, 5) is 0.250. The molecule has 1 aliphatic heterocycles. The lowest BCUT2D eigenvalue weighted by Crippen LogP contribution is -2.42. The predicted octanol–water partition coefficient (Wildman–Crippen LogP) is 3.89. The summed E-state index contributed by atoms with van der Waals surface area (Å²) in [5.74, 6) is -0.383. The van der Waals surface area contributed by atoms with Crippen molar-refractivity contribution in [2.24, 2.45) is 0 Å². The highest BCUT2D eigenvalue weighted by Gasteiger charge is 2.32. The van der Waals surface area contributed by atoms with Crippen LogP contribution in [0.3, 0.4) is 0 Å². The molecule has 1 aliphatic rings. The molecule has 1 unspecified atom stereocenters. The van der Waals surface area contributed by atoms with Crippen LogP contribution in [-0.4, -0.2) is 32.4 Å². The van der Waals surface area contributed by atoms with Gasteiger partial charge in [0.1, 0.15) is 5.82 Å². The molecule has 0 aromatic heterocycles. The van der Waals surface area contributed by atoms with E-state index in [1.54, 1.807) is 30.3 Å². The van der Waals surface area contributed by atoms with Crippen LogP contribution < -0.4 is 0 Å². The van der Waals surface area contributed by atoms with E-state index in [0.717, 1.165) is 5.56 Å². The van der Waals surface area contributed by atoms with Gasteiger partial charge >= 0.3 is 0 Å². The second-order valence-corrected chi connectivity index (χ2v) is 9.46. The molecule has 1 atom stereocenters. The number of halogens is 1. The zero-order valence-corrected chi connectivity index (χ0v) is 16.1. The molecule has 0 radical (unpaired) electrons. The van der Waals surface area contributed by atoms with E-state index in [1.807, 2.05) is 12.1 Å². The minimum Gasteiger partial charge on any atom is -0.371 e. The second kappa shape index (κ2) is 7.10. The standard InChI is InChI=1S/C20H24FNO3S/c1-20(2,3)15-8-10-16(11-9-15)26(23,24)22-12-13-25-19(14-22)17-6-4-5-7-18(17)21/h4-11,19H,12-14H2,1-3H3. The third-order valence-corrected chi connectivity index (χ3v) is 6.52. The first-order chi connectivity index (χ1) is 12.2. The maximum Gasteiger partial charge on any atom is 0.243 e. The molecule has 0 saturated carbocycles. The topological polar surface area (TPSA) is 46.6 Å². The van der Waals surface area contributed by atoms with Gasteiger partial charge in [0.05, 0.1) is 17.6 Å². The molecule has 0 aliphatic carbocycles. The van der Waals surface area contributed by atoms with Crippen LogP contribution in [0, 0.1) is 5.82 Å². The highest BCUT2D eigenvalue weighted by atomic mass is 32.2. The van der Waals surface area contributed by atoms with Crippen LogP contribution in [0.1, 0.15) is 38.0 Å². The molecule has 26 heavy (non-hydrogen) atoms. The zero-order valence-electron chi connectivity index (χ0n) is 15.3.